The zero-order valence-corrected chi connectivity index (χ0v) is 14.4. The van der Waals surface area contributed by atoms with Gasteiger partial charge in [-0.3, -0.25) is 4.98 Å². The Labute approximate surface area is 145 Å². The number of nitrogens with zero attached hydrogens (tertiary/aromatic N) is 1. The summed E-state index contributed by atoms with van der Waals surface area (Å²) >= 11 is 3.49. The molecule has 23 heavy (non-hydrogen) atoms. The van der Waals surface area contributed by atoms with Crippen LogP contribution < -0.4 is 0 Å². The van der Waals surface area contributed by atoms with Crippen molar-refractivity contribution in [1.29, 1.82) is 0 Å². The summed E-state index contributed by atoms with van der Waals surface area (Å²) in [4.78, 5) is 4.50. The highest BCUT2D eigenvalue weighted by Gasteiger charge is 2.37. The van der Waals surface area contributed by atoms with Crippen LogP contribution in [0.4, 0.5) is 0 Å². The van der Waals surface area contributed by atoms with Gasteiger partial charge in [0.2, 0.25) is 0 Å². The monoisotopic (exact) mass is 367 g/mol. The molecule has 1 N–H and O–H groups in total. The number of hydrogen-bond acceptors (Lipinski definition) is 2. The van der Waals surface area contributed by atoms with Crippen LogP contribution in [0.5, 0.6) is 0 Å². The van der Waals surface area contributed by atoms with E-state index in [0.717, 1.165) is 21.3 Å². The van der Waals surface area contributed by atoms with Crippen LogP contribution in [-0.4, -0.2) is 10.1 Å². The lowest BCUT2D eigenvalue weighted by atomic mass is 9.76. The van der Waals surface area contributed by atoms with E-state index in [1.807, 2.05) is 79.7 Å². The van der Waals surface area contributed by atoms with Gasteiger partial charge in [0, 0.05) is 10.7 Å². The van der Waals surface area contributed by atoms with Crippen LogP contribution in [0.3, 0.4) is 0 Å². The summed E-state index contributed by atoms with van der Waals surface area (Å²) in [7, 11) is 0. The average molecular weight is 368 g/mol. The number of aliphatic hydroxyl groups is 1. The quantitative estimate of drug-likeness (QED) is 0.712. The maximum absolute atomic E-state index is 11.4. The van der Waals surface area contributed by atoms with E-state index >= 15 is 0 Å². The van der Waals surface area contributed by atoms with Gasteiger partial charge in [0.25, 0.3) is 0 Å². The standard InChI is InChI=1S/C20H18BrNO/c1-20(23,16-10-7-11-17(21)14-16)19(15-8-3-2-4-9-15)18-12-5-6-13-22-18/h2-14,19,23H,1H3/t19-,20-/m0/s1. The number of pyridine rings is 1. The normalized spacial score (nSPS) is 14.9. The molecular formula is C20H18BrNO. The molecule has 1 aromatic heterocycles. The van der Waals surface area contributed by atoms with E-state index in [4.69, 9.17) is 0 Å². The zero-order valence-electron chi connectivity index (χ0n) is 12.9. The molecule has 0 saturated carbocycles. The Morgan fingerprint density at radius 1 is 0.957 bits per heavy atom. The number of rotatable bonds is 4. The Kier molecular flexibility index (Phi) is 4.60. The van der Waals surface area contributed by atoms with Gasteiger partial charge in [-0.2, -0.15) is 0 Å². The second-order valence-electron chi connectivity index (χ2n) is 5.76. The fourth-order valence-corrected chi connectivity index (χ4v) is 3.34. The molecule has 0 unspecified atom stereocenters. The summed E-state index contributed by atoms with van der Waals surface area (Å²) < 4.78 is 0.947. The molecule has 0 aliphatic carbocycles. The molecular weight excluding hydrogens is 350 g/mol. The SMILES string of the molecule is C[C@](O)(c1cccc(Br)c1)[C@@H](c1ccccc1)c1ccccn1. The van der Waals surface area contributed by atoms with Crippen LogP contribution in [0.2, 0.25) is 0 Å². The highest BCUT2D eigenvalue weighted by atomic mass is 79.9. The Balaban J connectivity index is 2.15. The minimum absolute atomic E-state index is 0.251. The molecule has 1 heterocycles. The van der Waals surface area contributed by atoms with Gasteiger partial charge in [0.05, 0.1) is 17.2 Å². The molecule has 0 aliphatic heterocycles. The van der Waals surface area contributed by atoms with Crippen molar-refractivity contribution in [2.24, 2.45) is 0 Å². The van der Waals surface area contributed by atoms with Gasteiger partial charge in [-0.15, -0.1) is 0 Å². The molecule has 0 aliphatic rings. The topological polar surface area (TPSA) is 33.1 Å². The number of aromatic nitrogens is 1. The average Bonchev–Trinajstić information content (AvgIpc) is 2.57. The van der Waals surface area contributed by atoms with Crippen LogP contribution in [0.15, 0.2) is 83.5 Å². The summed E-state index contributed by atoms with van der Waals surface area (Å²) in [5.41, 5.74) is 1.66. The minimum atomic E-state index is -1.08. The maximum Gasteiger partial charge on any atom is 0.0992 e. The summed E-state index contributed by atoms with van der Waals surface area (Å²) in [5, 5.41) is 11.4. The number of benzene rings is 2. The van der Waals surface area contributed by atoms with Gasteiger partial charge in [0.1, 0.15) is 0 Å². The lowest BCUT2D eigenvalue weighted by molar-refractivity contribution is 0.0380. The molecule has 2 atom stereocenters. The van der Waals surface area contributed by atoms with Crippen LogP contribution in [0, 0.1) is 0 Å². The van der Waals surface area contributed by atoms with Crippen molar-refractivity contribution >= 4 is 15.9 Å². The molecule has 116 valence electrons. The first-order chi connectivity index (χ1) is 11.1. The molecule has 2 nitrogen and oxygen atoms in total. The largest absolute Gasteiger partial charge is 0.384 e. The van der Waals surface area contributed by atoms with Crippen LogP contribution in [-0.2, 0) is 5.60 Å². The van der Waals surface area contributed by atoms with Crippen molar-refractivity contribution in [2.75, 3.05) is 0 Å². The van der Waals surface area contributed by atoms with E-state index in [0.29, 0.717) is 0 Å². The first-order valence-electron chi connectivity index (χ1n) is 7.53. The van der Waals surface area contributed by atoms with E-state index in [9.17, 15) is 5.11 Å². The van der Waals surface area contributed by atoms with Crippen molar-refractivity contribution in [3.05, 3.63) is 100 Å². The molecule has 0 saturated heterocycles. The van der Waals surface area contributed by atoms with Crippen molar-refractivity contribution in [1.82, 2.24) is 4.98 Å². The van der Waals surface area contributed by atoms with Crippen molar-refractivity contribution in [2.45, 2.75) is 18.4 Å². The van der Waals surface area contributed by atoms with E-state index in [-0.39, 0.29) is 5.92 Å². The Morgan fingerprint density at radius 3 is 2.35 bits per heavy atom. The maximum atomic E-state index is 11.4. The molecule has 0 radical (unpaired) electrons. The van der Waals surface area contributed by atoms with Gasteiger partial charge >= 0.3 is 0 Å². The predicted molar refractivity (Wildman–Crippen MR) is 96.2 cm³/mol. The fourth-order valence-electron chi connectivity index (χ4n) is 2.95. The van der Waals surface area contributed by atoms with Crippen LogP contribution in [0.1, 0.15) is 29.7 Å². The summed E-state index contributed by atoms with van der Waals surface area (Å²) in [5.74, 6) is -0.251. The second kappa shape index (κ2) is 6.65. The molecule has 2 aromatic carbocycles. The highest BCUT2D eigenvalue weighted by molar-refractivity contribution is 9.10. The Morgan fingerprint density at radius 2 is 1.70 bits per heavy atom. The highest BCUT2D eigenvalue weighted by Crippen LogP contribution is 2.41. The minimum Gasteiger partial charge on any atom is -0.384 e. The molecule has 0 spiro atoms. The number of hydrogen-bond donors (Lipinski definition) is 1. The second-order valence-corrected chi connectivity index (χ2v) is 6.67. The van der Waals surface area contributed by atoms with Gasteiger partial charge in [-0.25, -0.2) is 0 Å². The van der Waals surface area contributed by atoms with E-state index < -0.39 is 5.60 Å². The number of halogens is 1. The lowest BCUT2D eigenvalue weighted by Crippen LogP contribution is -2.31. The third-order valence-electron chi connectivity index (χ3n) is 4.09. The van der Waals surface area contributed by atoms with E-state index in [2.05, 4.69) is 20.9 Å². The van der Waals surface area contributed by atoms with Crippen molar-refractivity contribution in [3.63, 3.8) is 0 Å². The third kappa shape index (κ3) is 3.36. The first kappa shape index (κ1) is 15.9. The molecule has 3 heteroatoms. The Hall–Kier alpha value is -1.97. The zero-order chi connectivity index (χ0) is 16.3. The molecule has 3 rings (SSSR count). The van der Waals surface area contributed by atoms with E-state index in [1.165, 1.54) is 0 Å². The molecule has 0 amide bonds. The fraction of sp³-hybridized carbons (Fsp3) is 0.150. The summed E-state index contributed by atoms with van der Waals surface area (Å²) in [6.45, 7) is 1.85. The molecule has 0 bridgehead atoms. The van der Waals surface area contributed by atoms with Crippen molar-refractivity contribution < 1.29 is 5.11 Å². The van der Waals surface area contributed by atoms with E-state index in [1.54, 1.807) is 6.20 Å². The van der Waals surface area contributed by atoms with Crippen LogP contribution >= 0.6 is 15.9 Å². The van der Waals surface area contributed by atoms with Gasteiger partial charge < -0.3 is 5.11 Å². The predicted octanol–water partition coefficient (Wildman–Crippen LogP) is 4.88. The Bertz CT molecular complexity index is 732. The van der Waals surface area contributed by atoms with Gasteiger partial charge in [-0.05, 0) is 42.3 Å². The smallest absolute Gasteiger partial charge is 0.0992 e. The molecule has 3 aromatic rings. The van der Waals surface area contributed by atoms with Crippen molar-refractivity contribution in [3.8, 4) is 0 Å². The lowest BCUT2D eigenvalue weighted by Gasteiger charge is -2.33. The van der Waals surface area contributed by atoms with Gasteiger partial charge in [-0.1, -0.05) is 64.5 Å². The molecule has 0 fully saturated rings. The first-order valence-corrected chi connectivity index (χ1v) is 8.32. The summed E-state index contributed by atoms with van der Waals surface area (Å²) in [6, 6.07) is 23.6. The third-order valence-corrected chi connectivity index (χ3v) is 4.58. The van der Waals surface area contributed by atoms with Crippen LogP contribution in [0.25, 0.3) is 0 Å². The summed E-state index contributed by atoms with van der Waals surface area (Å²) in [6.07, 6.45) is 1.77. The van der Waals surface area contributed by atoms with Gasteiger partial charge in [0.15, 0.2) is 0 Å².